The van der Waals surface area contributed by atoms with Crippen molar-refractivity contribution in [3.63, 3.8) is 0 Å². The van der Waals surface area contributed by atoms with E-state index >= 15 is 0 Å². The number of rotatable bonds is 6. The molecule has 0 unspecified atom stereocenters. The summed E-state index contributed by atoms with van der Waals surface area (Å²) in [5, 5.41) is 10.5. The number of hydrogen-bond donors (Lipinski definition) is 2. The predicted molar refractivity (Wildman–Crippen MR) is 130 cm³/mol. The van der Waals surface area contributed by atoms with E-state index in [9.17, 15) is 5.11 Å². The summed E-state index contributed by atoms with van der Waals surface area (Å²) in [6.45, 7) is 9.80. The van der Waals surface area contributed by atoms with Gasteiger partial charge in [0.1, 0.15) is 5.60 Å². The van der Waals surface area contributed by atoms with E-state index in [0.717, 1.165) is 78.9 Å². The van der Waals surface area contributed by atoms with Crippen molar-refractivity contribution in [3.8, 4) is 17.6 Å². The number of hydrogen-bond acceptors (Lipinski definition) is 5. The van der Waals surface area contributed by atoms with Crippen molar-refractivity contribution in [2.45, 2.75) is 70.6 Å². The van der Waals surface area contributed by atoms with Gasteiger partial charge in [0.15, 0.2) is 5.75 Å². The van der Waals surface area contributed by atoms with Gasteiger partial charge in [-0.3, -0.25) is 4.90 Å². The Balaban J connectivity index is 1.72. The summed E-state index contributed by atoms with van der Waals surface area (Å²) in [6, 6.07) is 4.83. The van der Waals surface area contributed by atoms with Crippen LogP contribution in [0.1, 0.15) is 63.5 Å². The third kappa shape index (κ3) is 6.04. The molecule has 1 aromatic rings. The van der Waals surface area contributed by atoms with Gasteiger partial charge < -0.3 is 14.2 Å². The topological polar surface area (TPSA) is 35.9 Å². The summed E-state index contributed by atoms with van der Waals surface area (Å²) in [4.78, 5) is 5.08. The molecule has 1 aliphatic carbocycles. The highest BCUT2D eigenvalue weighted by Gasteiger charge is 2.28. The van der Waals surface area contributed by atoms with E-state index in [0.29, 0.717) is 6.04 Å². The van der Waals surface area contributed by atoms with Gasteiger partial charge in [-0.25, -0.2) is 0 Å². The molecule has 0 atom stereocenters. The van der Waals surface area contributed by atoms with Crippen molar-refractivity contribution in [3.05, 3.63) is 26.8 Å². The average Bonchev–Trinajstić information content (AvgIpc) is 3.15. The molecule has 1 aliphatic heterocycles. The van der Waals surface area contributed by atoms with Crippen LogP contribution in [0.4, 0.5) is 0 Å². The number of piperidine rings is 1. The molecule has 0 aromatic heterocycles. The quantitative estimate of drug-likeness (QED) is 0.247. The molecule has 1 saturated carbocycles. The summed E-state index contributed by atoms with van der Waals surface area (Å²) >= 11 is 6.39. The molecule has 1 heterocycles. The highest BCUT2D eigenvalue weighted by molar-refractivity contribution is 14.1. The largest absolute Gasteiger partial charge is 0.427 e. The van der Waals surface area contributed by atoms with Crippen molar-refractivity contribution in [1.82, 2.24) is 9.80 Å². The van der Waals surface area contributed by atoms with Gasteiger partial charge in [-0.05, 0) is 99.4 Å². The van der Waals surface area contributed by atoms with Crippen LogP contribution in [0.5, 0.6) is 5.75 Å². The number of halogens is 1. The monoisotopic (exact) mass is 528 g/mol. The lowest BCUT2D eigenvalue weighted by molar-refractivity contribution is 0.110. The number of thiol groups is 1. The van der Waals surface area contributed by atoms with Crippen LogP contribution in [-0.2, 0) is 6.54 Å². The lowest BCUT2D eigenvalue weighted by atomic mass is 10.0. The lowest BCUT2D eigenvalue weighted by Gasteiger charge is -2.37. The fourth-order valence-corrected chi connectivity index (χ4v) is 5.82. The van der Waals surface area contributed by atoms with E-state index in [1.165, 1.54) is 12.8 Å². The van der Waals surface area contributed by atoms with Crippen LogP contribution in [0.2, 0.25) is 0 Å². The zero-order valence-corrected chi connectivity index (χ0v) is 20.6. The molecule has 1 aromatic carbocycles. The zero-order valence-electron chi connectivity index (χ0n) is 17.6. The molecule has 0 amide bonds. The number of nitrogens with zero attached hydrogens (tertiary/aromatic N) is 2. The molecule has 4 nitrogen and oxygen atoms in total. The standard InChI is InChI=1S/C23H33IN2O2S/c1-3-26(4-2)20-8-13-25(14-9-20)17-19-15-18(16-21(24)22(19)28-29)7-12-23(27)10-5-6-11-23/h15-16,20,27,29H,3-6,8-11,13-14,17H2,1-2H3. The lowest BCUT2D eigenvalue weighted by Crippen LogP contribution is -2.44. The molecule has 2 fully saturated rings. The Labute approximate surface area is 195 Å². The minimum absolute atomic E-state index is 0.700. The van der Waals surface area contributed by atoms with Gasteiger partial charge >= 0.3 is 0 Å². The smallest absolute Gasteiger partial charge is 0.154 e. The molecular weight excluding hydrogens is 495 g/mol. The van der Waals surface area contributed by atoms with Gasteiger partial charge in [0, 0.05) is 36.6 Å². The van der Waals surface area contributed by atoms with Gasteiger partial charge in [-0.15, -0.1) is 0 Å². The van der Waals surface area contributed by atoms with Gasteiger partial charge in [0.05, 0.1) is 3.57 Å². The van der Waals surface area contributed by atoms with Crippen molar-refractivity contribution < 1.29 is 9.29 Å². The zero-order chi connectivity index (χ0) is 20.9. The minimum atomic E-state index is -0.809. The maximum absolute atomic E-state index is 10.5. The number of aliphatic hydroxyl groups is 1. The van der Waals surface area contributed by atoms with Crippen LogP contribution < -0.4 is 4.18 Å². The molecule has 29 heavy (non-hydrogen) atoms. The van der Waals surface area contributed by atoms with E-state index < -0.39 is 5.60 Å². The SMILES string of the molecule is CCN(CC)C1CCN(Cc2cc(C#CC3(O)CCCC3)cc(I)c2OS)CC1. The molecule has 160 valence electrons. The minimum Gasteiger partial charge on any atom is -0.427 e. The van der Waals surface area contributed by atoms with Crippen molar-refractivity contribution in [2.24, 2.45) is 0 Å². The second-order valence-corrected chi connectivity index (χ2v) is 9.60. The van der Waals surface area contributed by atoms with Crippen molar-refractivity contribution >= 4 is 35.5 Å². The van der Waals surface area contributed by atoms with E-state index in [1.54, 1.807) is 0 Å². The van der Waals surface area contributed by atoms with E-state index in [-0.39, 0.29) is 0 Å². The van der Waals surface area contributed by atoms with Crippen LogP contribution in [0.15, 0.2) is 12.1 Å². The first kappa shape index (κ1) is 23.2. The van der Waals surface area contributed by atoms with Gasteiger partial charge in [-0.1, -0.05) is 25.7 Å². The van der Waals surface area contributed by atoms with E-state index in [2.05, 4.69) is 77.1 Å². The number of likely N-dealkylation sites (tertiary alicyclic amines) is 1. The Kier molecular flexibility index (Phi) is 8.58. The normalized spacial score (nSPS) is 19.9. The first-order valence-corrected chi connectivity index (χ1v) is 12.3. The predicted octanol–water partition coefficient (Wildman–Crippen LogP) is 4.48. The van der Waals surface area contributed by atoms with Crippen LogP contribution in [0.3, 0.4) is 0 Å². The van der Waals surface area contributed by atoms with Gasteiger partial charge in [-0.2, -0.15) is 0 Å². The molecule has 0 radical (unpaired) electrons. The Morgan fingerprint density at radius 3 is 2.48 bits per heavy atom. The summed E-state index contributed by atoms with van der Waals surface area (Å²) in [7, 11) is 0. The third-order valence-electron chi connectivity index (χ3n) is 6.36. The summed E-state index contributed by atoms with van der Waals surface area (Å²) < 4.78 is 6.43. The highest BCUT2D eigenvalue weighted by Crippen LogP contribution is 2.32. The molecule has 0 spiro atoms. The third-order valence-corrected chi connectivity index (χ3v) is 7.35. The Morgan fingerprint density at radius 2 is 1.90 bits per heavy atom. The first-order valence-electron chi connectivity index (χ1n) is 10.8. The Morgan fingerprint density at radius 1 is 1.24 bits per heavy atom. The van der Waals surface area contributed by atoms with Gasteiger partial charge in [0.25, 0.3) is 0 Å². The maximum Gasteiger partial charge on any atom is 0.154 e. The molecule has 2 aliphatic rings. The van der Waals surface area contributed by atoms with Crippen molar-refractivity contribution in [2.75, 3.05) is 26.2 Å². The fraction of sp³-hybridized carbons (Fsp3) is 0.652. The maximum atomic E-state index is 10.5. The summed E-state index contributed by atoms with van der Waals surface area (Å²) in [6.07, 6.45) is 6.10. The molecule has 1 N–H and O–H groups in total. The van der Waals surface area contributed by atoms with Crippen LogP contribution >= 0.6 is 35.5 Å². The first-order chi connectivity index (χ1) is 14.0. The molecule has 1 saturated heterocycles. The van der Waals surface area contributed by atoms with Crippen molar-refractivity contribution in [1.29, 1.82) is 0 Å². The van der Waals surface area contributed by atoms with E-state index in [1.807, 2.05) is 6.07 Å². The molecular formula is C23H33IN2O2S. The summed E-state index contributed by atoms with van der Waals surface area (Å²) in [5.41, 5.74) is 1.25. The van der Waals surface area contributed by atoms with Crippen LogP contribution in [0.25, 0.3) is 0 Å². The second kappa shape index (κ2) is 10.7. The number of benzene rings is 1. The fourth-order valence-electron chi connectivity index (χ4n) is 4.64. The average molecular weight is 528 g/mol. The summed E-state index contributed by atoms with van der Waals surface area (Å²) in [5.74, 6) is 7.17. The van der Waals surface area contributed by atoms with Gasteiger partial charge in [0.2, 0.25) is 0 Å². The molecule has 3 rings (SSSR count). The second-order valence-electron chi connectivity index (χ2n) is 8.25. The Hall–Kier alpha value is -0.460. The molecule has 6 heteroatoms. The highest BCUT2D eigenvalue weighted by atomic mass is 127. The molecule has 0 bridgehead atoms. The van der Waals surface area contributed by atoms with Crippen LogP contribution in [-0.4, -0.2) is 52.7 Å². The van der Waals surface area contributed by atoms with E-state index in [4.69, 9.17) is 4.18 Å². The van der Waals surface area contributed by atoms with Crippen LogP contribution in [0, 0.1) is 15.4 Å². The Bertz CT molecular complexity index is 743.